The van der Waals surface area contributed by atoms with E-state index in [1.165, 1.54) is 12.3 Å². The molecule has 0 aliphatic heterocycles. The van der Waals surface area contributed by atoms with Gasteiger partial charge in [-0.15, -0.1) is 0 Å². The highest BCUT2D eigenvalue weighted by molar-refractivity contribution is 5.83. The number of hydrogen-bond donors (Lipinski definition) is 2. The van der Waals surface area contributed by atoms with Gasteiger partial charge in [-0.25, -0.2) is 4.98 Å². The number of anilines is 2. The lowest BCUT2D eigenvalue weighted by Gasteiger charge is -2.09. The fourth-order valence-electron chi connectivity index (χ4n) is 1.90. The summed E-state index contributed by atoms with van der Waals surface area (Å²) in [6.07, 6.45) is -1.26. The lowest BCUT2D eigenvalue weighted by Crippen LogP contribution is -2.19. The second-order valence-corrected chi connectivity index (χ2v) is 4.53. The van der Waals surface area contributed by atoms with Gasteiger partial charge in [0.1, 0.15) is 0 Å². The zero-order valence-electron chi connectivity index (χ0n) is 11.2. The van der Waals surface area contributed by atoms with Gasteiger partial charge in [0.2, 0.25) is 11.8 Å². The van der Waals surface area contributed by atoms with E-state index in [9.17, 15) is 13.2 Å². The Labute approximate surface area is 123 Å². The van der Waals surface area contributed by atoms with E-state index in [1.54, 1.807) is 0 Å². The molecule has 0 atom stereocenters. The van der Waals surface area contributed by atoms with Gasteiger partial charge in [0, 0.05) is 35.1 Å². The van der Waals surface area contributed by atoms with Gasteiger partial charge in [-0.2, -0.15) is 18.2 Å². The Morgan fingerprint density at radius 3 is 2.86 bits per heavy atom. The molecule has 2 heterocycles. The van der Waals surface area contributed by atoms with Gasteiger partial charge < -0.3 is 15.0 Å². The standard InChI is InChI=1S/C14H11F3N4O/c15-14(16,17)8-22-12-4-6-19-13(21-12)20-10-1-2-11-9(7-10)3-5-18-11/h1-7,18H,8H2,(H,19,20,21). The molecule has 3 rings (SSSR count). The number of ether oxygens (including phenoxy) is 1. The average molecular weight is 308 g/mol. The zero-order chi connectivity index (χ0) is 15.6. The largest absolute Gasteiger partial charge is 0.468 e. The third kappa shape index (κ3) is 3.46. The molecule has 0 saturated carbocycles. The van der Waals surface area contributed by atoms with E-state index >= 15 is 0 Å². The highest BCUT2D eigenvalue weighted by atomic mass is 19.4. The van der Waals surface area contributed by atoms with Crippen LogP contribution in [0, 0.1) is 0 Å². The van der Waals surface area contributed by atoms with Crippen molar-refractivity contribution in [1.29, 1.82) is 0 Å². The number of aromatic nitrogens is 3. The van der Waals surface area contributed by atoms with Crippen LogP contribution >= 0.6 is 0 Å². The van der Waals surface area contributed by atoms with Crippen LogP contribution in [0.25, 0.3) is 10.9 Å². The third-order valence-corrected chi connectivity index (χ3v) is 2.82. The number of alkyl halides is 3. The number of halogens is 3. The molecule has 5 nitrogen and oxygen atoms in total. The number of nitrogens with one attached hydrogen (secondary N) is 2. The van der Waals surface area contributed by atoms with Crippen LogP contribution in [0.4, 0.5) is 24.8 Å². The molecule has 0 radical (unpaired) electrons. The number of fused-ring (bicyclic) bond motifs is 1. The minimum atomic E-state index is -4.40. The van der Waals surface area contributed by atoms with Crippen molar-refractivity contribution in [3.63, 3.8) is 0 Å². The van der Waals surface area contributed by atoms with Crippen LogP contribution in [0.5, 0.6) is 5.88 Å². The van der Waals surface area contributed by atoms with Crippen LogP contribution in [-0.4, -0.2) is 27.7 Å². The normalized spacial score (nSPS) is 11.6. The molecular weight excluding hydrogens is 297 g/mol. The van der Waals surface area contributed by atoms with Crippen LogP contribution in [0.1, 0.15) is 0 Å². The number of H-pyrrole nitrogens is 1. The topological polar surface area (TPSA) is 62.8 Å². The number of hydrogen-bond acceptors (Lipinski definition) is 4. The highest BCUT2D eigenvalue weighted by Crippen LogP contribution is 2.21. The van der Waals surface area contributed by atoms with Crippen molar-refractivity contribution in [3.05, 3.63) is 42.7 Å². The second kappa shape index (κ2) is 5.55. The van der Waals surface area contributed by atoms with Crippen molar-refractivity contribution in [1.82, 2.24) is 15.0 Å². The second-order valence-electron chi connectivity index (χ2n) is 4.53. The maximum atomic E-state index is 12.1. The van der Waals surface area contributed by atoms with Crippen molar-refractivity contribution >= 4 is 22.5 Å². The van der Waals surface area contributed by atoms with Gasteiger partial charge in [-0.1, -0.05) is 0 Å². The first-order valence-corrected chi connectivity index (χ1v) is 6.36. The molecule has 0 saturated heterocycles. The Morgan fingerprint density at radius 2 is 2.05 bits per heavy atom. The highest BCUT2D eigenvalue weighted by Gasteiger charge is 2.28. The van der Waals surface area contributed by atoms with Crippen molar-refractivity contribution in [2.75, 3.05) is 11.9 Å². The first-order chi connectivity index (χ1) is 10.5. The van der Waals surface area contributed by atoms with E-state index in [-0.39, 0.29) is 11.8 Å². The molecule has 0 fully saturated rings. The first-order valence-electron chi connectivity index (χ1n) is 6.36. The van der Waals surface area contributed by atoms with Gasteiger partial charge >= 0.3 is 6.18 Å². The summed E-state index contributed by atoms with van der Waals surface area (Å²) in [5.74, 6) is 0.0205. The Hall–Kier alpha value is -2.77. The quantitative estimate of drug-likeness (QED) is 0.772. The number of rotatable bonds is 4. The molecule has 2 aromatic heterocycles. The van der Waals surface area contributed by atoms with Gasteiger partial charge in [0.15, 0.2) is 6.61 Å². The molecule has 1 aromatic carbocycles. The molecular formula is C14H11F3N4O. The lowest BCUT2D eigenvalue weighted by atomic mass is 10.2. The molecule has 0 aliphatic rings. The van der Waals surface area contributed by atoms with Crippen LogP contribution in [-0.2, 0) is 0 Å². The Morgan fingerprint density at radius 1 is 1.18 bits per heavy atom. The molecule has 0 unspecified atom stereocenters. The summed E-state index contributed by atoms with van der Waals surface area (Å²) >= 11 is 0. The fourth-order valence-corrected chi connectivity index (χ4v) is 1.90. The summed E-state index contributed by atoms with van der Waals surface area (Å²) < 4.78 is 40.9. The van der Waals surface area contributed by atoms with Crippen molar-refractivity contribution in [2.24, 2.45) is 0 Å². The first kappa shape index (κ1) is 14.2. The number of nitrogens with zero attached hydrogens (tertiary/aromatic N) is 2. The Kier molecular flexibility index (Phi) is 3.58. The monoisotopic (exact) mass is 308 g/mol. The minimum absolute atomic E-state index is 0.141. The summed E-state index contributed by atoms with van der Waals surface area (Å²) in [5.41, 5.74) is 1.70. The molecule has 0 spiro atoms. The Balaban J connectivity index is 1.74. The molecule has 0 amide bonds. The number of aromatic amines is 1. The van der Waals surface area contributed by atoms with Crippen LogP contribution in [0.3, 0.4) is 0 Å². The van der Waals surface area contributed by atoms with E-state index in [4.69, 9.17) is 0 Å². The third-order valence-electron chi connectivity index (χ3n) is 2.82. The van der Waals surface area contributed by atoms with E-state index < -0.39 is 12.8 Å². The summed E-state index contributed by atoms with van der Waals surface area (Å²) in [6, 6.07) is 8.74. The van der Waals surface area contributed by atoms with Crippen molar-refractivity contribution in [3.8, 4) is 5.88 Å². The minimum Gasteiger partial charge on any atom is -0.468 e. The molecule has 2 N–H and O–H groups in total. The fraction of sp³-hybridized carbons (Fsp3) is 0.143. The predicted molar refractivity (Wildman–Crippen MR) is 75.2 cm³/mol. The molecule has 3 aromatic rings. The van der Waals surface area contributed by atoms with E-state index in [2.05, 4.69) is 25.0 Å². The summed E-state index contributed by atoms with van der Waals surface area (Å²) in [5, 5.41) is 3.92. The maximum Gasteiger partial charge on any atom is 0.422 e. The zero-order valence-corrected chi connectivity index (χ0v) is 11.2. The van der Waals surface area contributed by atoms with Gasteiger partial charge in [-0.3, -0.25) is 0 Å². The van der Waals surface area contributed by atoms with Crippen molar-refractivity contribution in [2.45, 2.75) is 6.18 Å². The van der Waals surface area contributed by atoms with E-state index in [0.29, 0.717) is 0 Å². The van der Waals surface area contributed by atoms with E-state index in [0.717, 1.165) is 16.6 Å². The van der Waals surface area contributed by atoms with E-state index in [1.807, 2.05) is 30.5 Å². The molecule has 8 heteroatoms. The van der Waals surface area contributed by atoms with Crippen LogP contribution in [0.15, 0.2) is 42.7 Å². The lowest BCUT2D eigenvalue weighted by molar-refractivity contribution is -0.154. The predicted octanol–water partition coefficient (Wildman–Crippen LogP) is 3.64. The average Bonchev–Trinajstić information content (AvgIpc) is 2.92. The molecule has 22 heavy (non-hydrogen) atoms. The number of benzene rings is 1. The smallest absolute Gasteiger partial charge is 0.422 e. The molecule has 0 bridgehead atoms. The van der Waals surface area contributed by atoms with Crippen molar-refractivity contribution < 1.29 is 17.9 Å². The Bertz CT molecular complexity index is 785. The van der Waals surface area contributed by atoms with Gasteiger partial charge in [0.05, 0.1) is 0 Å². The van der Waals surface area contributed by atoms with Crippen LogP contribution in [0.2, 0.25) is 0 Å². The SMILES string of the molecule is FC(F)(F)COc1ccnc(Nc2ccc3[nH]ccc3c2)n1. The maximum absolute atomic E-state index is 12.1. The van der Waals surface area contributed by atoms with Crippen LogP contribution < -0.4 is 10.1 Å². The molecule has 114 valence electrons. The summed E-state index contributed by atoms with van der Waals surface area (Å²) in [6.45, 7) is -1.39. The van der Waals surface area contributed by atoms with Gasteiger partial charge in [0.25, 0.3) is 0 Å². The summed E-state index contributed by atoms with van der Waals surface area (Å²) in [7, 11) is 0. The summed E-state index contributed by atoms with van der Waals surface area (Å²) in [4.78, 5) is 10.9. The molecule has 0 aliphatic carbocycles. The van der Waals surface area contributed by atoms with Gasteiger partial charge in [-0.05, 0) is 24.3 Å².